The number of nitrogens with one attached hydrogen (secondary N) is 2. The monoisotopic (exact) mass is 314 g/mol. The average molecular weight is 314 g/mol. The molecule has 0 aliphatic heterocycles. The molecule has 1 aromatic carbocycles. The number of benzene rings is 1. The lowest BCUT2D eigenvalue weighted by molar-refractivity contribution is -0.0133. The molecule has 0 aromatic heterocycles. The summed E-state index contributed by atoms with van der Waals surface area (Å²) in [5.41, 5.74) is 0.893. The molecule has 4 heteroatoms. The van der Waals surface area contributed by atoms with Crippen LogP contribution in [0.5, 0.6) is 0 Å². The van der Waals surface area contributed by atoms with E-state index in [1.165, 1.54) is 31.4 Å². The molecule has 3 nitrogen and oxygen atoms in total. The molecule has 0 spiro atoms. The molecule has 4 aliphatic carbocycles. The maximum atomic E-state index is 12.8. The van der Waals surface area contributed by atoms with Gasteiger partial charge in [-0.15, -0.1) is 0 Å². The third-order valence-electron chi connectivity index (χ3n) is 5.78. The highest BCUT2D eigenvalue weighted by atomic mass is 19.1. The minimum absolute atomic E-state index is 0.0303. The first-order valence-electron chi connectivity index (χ1n) is 8.61. The number of urea groups is 1. The summed E-state index contributed by atoms with van der Waals surface area (Å²) in [6.07, 6.45) is 10.9. The molecule has 2 N–H and O–H groups in total. The summed E-state index contributed by atoms with van der Waals surface area (Å²) >= 11 is 0. The fraction of sp³-hybridized carbons (Fsp3) is 0.526. The Hall–Kier alpha value is -1.84. The number of amides is 2. The van der Waals surface area contributed by atoms with Crippen LogP contribution in [0, 0.1) is 23.6 Å². The highest BCUT2D eigenvalue weighted by molar-refractivity contribution is 5.76. The van der Waals surface area contributed by atoms with Gasteiger partial charge >= 0.3 is 6.03 Å². The second-order valence-electron chi connectivity index (χ2n) is 7.68. The Morgan fingerprint density at radius 3 is 2.17 bits per heavy atom. The van der Waals surface area contributed by atoms with Crippen molar-refractivity contribution >= 4 is 12.1 Å². The van der Waals surface area contributed by atoms with Crippen LogP contribution in [0.3, 0.4) is 0 Å². The van der Waals surface area contributed by atoms with Crippen molar-refractivity contribution in [2.24, 2.45) is 17.8 Å². The van der Waals surface area contributed by atoms with Crippen molar-refractivity contribution in [2.75, 3.05) is 0 Å². The van der Waals surface area contributed by atoms with E-state index in [-0.39, 0.29) is 17.4 Å². The summed E-state index contributed by atoms with van der Waals surface area (Å²) in [4.78, 5) is 12.2. The van der Waals surface area contributed by atoms with Crippen LogP contribution in [-0.2, 0) is 0 Å². The van der Waals surface area contributed by atoms with Gasteiger partial charge in [0.1, 0.15) is 5.82 Å². The Morgan fingerprint density at radius 1 is 1.04 bits per heavy atom. The number of rotatable bonds is 3. The fourth-order valence-electron chi connectivity index (χ4n) is 5.33. The van der Waals surface area contributed by atoms with Crippen LogP contribution in [0.4, 0.5) is 9.18 Å². The van der Waals surface area contributed by atoms with E-state index >= 15 is 0 Å². The molecule has 0 unspecified atom stereocenters. The smallest absolute Gasteiger partial charge is 0.319 e. The van der Waals surface area contributed by atoms with Gasteiger partial charge in [-0.25, -0.2) is 9.18 Å². The molecule has 1 aromatic rings. The number of carbonyl (C=O) groups is 1. The van der Waals surface area contributed by atoms with Crippen LogP contribution >= 0.6 is 0 Å². The van der Waals surface area contributed by atoms with Gasteiger partial charge in [-0.05, 0) is 80.1 Å². The summed E-state index contributed by atoms with van der Waals surface area (Å²) in [7, 11) is 0. The minimum Gasteiger partial charge on any atom is -0.332 e. The zero-order chi connectivity index (χ0) is 15.9. The van der Waals surface area contributed by atoms with Gasteiger partial charge in [0.2, 0.25) is 0 Å². The Balaban J connectivity index is 1.34. The first-order valence-corrected chi connectivity index (χ1v) is 8.61. The summed E-state index contributed by atoms with van der Waals surface area (Å²) in [5.74, 6) is 2.19. The second kappa shape index (κ2) is 5.66. The van der Waals surface area contributed by atoms with Crippen molar-refractivity contribution in [1.29, 1.82) is 0 Å². The van der Waals surface area contributed by atoms with Crippen LogP contribution < -0.4 is 10.6 Å². The summed E-state index contributed by atoms with van der Waals surface area (Å²) < 4.78 is 12.8. The van der Waals surface area contributed by atoms with Crippen molar-refractivity contribution in [2.45, 2.75) is 44.1 Å². The van der Waals surface area contributed by atoms with Gasteiger partial charge in [-0.3, -0.25) is 0 Å². The minimum atomic E-state index is -0.255. The van der Waals surface area contributed by atoms with Crippen molar-refractivity contribution in [3.05, 3.63) is 41.8 Å². The van der Waals surface area contributed by atoms with Crippen LogP contribution in [0.25, 0.3) is 6.08 Å². The quantitative estimate of drug-likeness (QED) is 0.868. The third-order valence-corrected chi connectivity index (χ3v) is 5.78. The van der Waals surface area contributed by atoms with E-state index in [1.54, 1.807) is 24.4 Å². The second-order valence-corrected chi connectivity index (χ2v) is 7.68. The molecule has 0 saturated heterocycles. The molecular weight excluding hydrogens is 291 g/mol. The highest BCUT2D eigenvalue weighted by Gasteiger charge is 2.51. The topological polar surface area (TPSA) is 41.1 Å². The van der Waals surface area contributed by atoms with Gasteiger partial charge in [0.15, 0.2) is 0 Å². The van der Waals surface area contributed by atoms with Gasteiger partial charge in [-0.1, -0.05) is 12.1 Å². The number of carbonyl (C=O) groups excluding carboxylic acids is 1. The molecule has 2 amide bonds. The largest absolute Gasteiger partial charge is 0.332 e. The summed E-state index contributed by atoms with van der Waals surface area (Å²) in [5, 5.41) is 6.06. The first kappa shape index (κ1) is 14.7. The zero-order valence-electron chi connectivity index (χ0n) is 13.2. The summed E-state index contributed by atoms with van der Waals surface area (Å²) in [6, 6.07) is 6.07. The van der Waals surface area contributed by atoms with Gasteiger partial charge in [0, 0.05) is 11.7 Å². The molecule has 4 aliphatic rings. The normalized spacial score (nSPS) is 34.7. The molecule has 0 radical (unpaired) electrons. The standard InChI is InChI=1S/C19H23FN2O/c20-17-3-1-13(2-4-17)5-6-21-18(23)22-19-10-14-7-15(11-19)9-16(8-14)12-19/h1-6,14-16H,7-12H2,(H2,21,22,23)/b6-5+. The van der Waals surface area contributed by atoms with Crippen molar-refractivity contribution in [3.63, 3.8) is 0 Å². The van der Waals surface area contributed by atoms with E-state index in [1.807, 2.05) is 0 Å². The lowest BCUT2D eigenvalue weighted by atomic mass is 9.53. The van der Waals surface area contributed by atoms with E-state index in [0.29, 0.717) is 0 Å². The zero-order valence-corrected chi connectivity index (χ0v) is 13.2. The molecule has 0 heterocycles. The molecule has 4 bridgehead atoms. The predicted octanol–water partition coefficient (Wildman–Crippen LogP) is 4.06. The molecule has 0 atom stereocenters. The van der Waals surface area contributed by atoms with Gasteiger partial charge in [0.25, 0.3) is 0 Å². The maximum Gasteiger partial charge on any atom is 0.319 e. The van der Waals surface area contributed by atoms with Crippen LogP contribution in [0.1, 0.15) is 44.1 Å². The summed E-state index contributed by atoms with van der Waals surface area (Å²) in [6.45, 7) is 0. The molecule has 4 fully saturated rings. The molecular formula is C19H23FN2O. The fourth-order valence-corrected chi connectivity index (χ4v) is 5.33. The predicted molar refractivity (Wildman–Crippen MR) is 88.0 cm³/mol. The Kier molecular flexibility index (Phi) is 3.63. The van der Waals surface area contributed by atoms with Crippen molar-refractivity contribution in [1.82, 2.24) is 10.6 Å². The van der Waals surface area contributed by atoms with Crippen molar-refractivity contribution in [3.8, 4) is 0 Å². The molecule has 4 saturated carbocycles. The third kappa shape index (κ3) is 3.12. The maximum absolute atomic E-state index is 12.8. The van der Waals surface area contributed by atoms with Gasteiger partial charge in [-0.2, -0.15) is 0 Å². The lowest BCUT2D eigenvalue weighted by Crippen LogP contribution is -2.61. The molecule has 23 heavy (non-hydrogen) atoms. The SMILES string of the molecule is O=C(N/C=C/c1ccc(F)cc1)NC12CC3CC(CC(C3)C1)C2. The highest BCUT2D eigenvalue weighted by Crippen LogP contribution is 2.55. The van der Waals surface area contributed by atoms with Crippen LogP contribution in [0.15, 0.2) is 30.5 Å². The number of hydrogen-bond donors (Lipinski definition) is 2. The van der Waals surface area contributed by atoms with E-state index < -0.39 is 0 Å². The lowest BCUT2D eigenvalue weighted by Gasteiger charge is -2.56. The van der Waals surface area contributed by atoms with E-state index in [0.717, 1.165) is 42.6 Å². The average Bonchev–Trinajstić information content (AvgIpc) is 2.47. The Morgan fingerprint density at radius 2 is 1.61 bits per heavy atom. The van der Waals surface area contributed by atoms with Gasteiger partial charge < -0.3 is 10.6 Å². The van der Waals surface area contributed by atoms with E-state index in [4.69, 9.17) is 0 Å². The molecule has 122 valence electrons. The molecule has 5 rings (SSSR count). The Labute approximate surface area is 136 Å². The van der Waals surface area contributed by atoms with Crippen LogP contribution in [0.2, 0.25) is 0 Å². The van der Waals surface area contributed by atoms with Gasteiger partial charge in [0.05, 0.1) is 0 Å². The van der Waals surface area contributed by atoms with Crippen molar-refractivity contribution < 1.29 is 9.18 Å². The van der Waals surface area contributed by atoms with E-state index in [2.05, 4.69) is 10.6 Å². The Bertz CT molecular complexity index is 587. The van der Waals surface area contributed by atoms with E-state index in [9.17, 15) is 9.18 Å². The van der Waals surface area contributed by atoms with Crippen LogP contribution in [-0.4, -0.2) is 11.6 Å². The number of hydrogen-bond acceptors (Lipinski definition) is 1. The first-order chi connectivity index (χ1) is 11.1. The number of halogens is 1.